The second kappa shape index (κ2) is 65.4. The fourth-order valence-corrected chi connectivity index (χ4v) is 0. The zero-order chi connectivity index (χ0) is 0. The Balaban J connectivity index is 0. The van der Waals surface area contributed by atoms with Crippen molar-refractivity contribution < 1.29 is 50.6 Å². The summed E-state index contributed by atoms with van der Waals surface area (Å²) < 4.78 is 0. The van der Waals surface area contributed by atoms with Crippen LogP contribution >= 0.6 is 0 Å². The van der Waals surface area contributed by atoms with Crippen molar-refractivity contribution in [2.24, 2.45) is 0 Å². The Morgan fingerprint density at radius 2 is 0.500 bits per heavy atom. The third-order valence-electron chi connectivity index (χ3n) is 0. The number of hydrogen-bond acceptors (Lipinski definition) is 0. The van der Waals surface area contributed by atoms with Gasteiger partial charge in [-0.1, -0.05) is 0 Å². The molecule has 0 rings (SSSR count). The first-order valence-electron chi connectivity index (χ1n) is 0. The van der Waals surface area contributed by atoms with E-state index >= 15 is 0 Å². The van der Waals surface area contributed by atoms with Crippen LogP contribution in [-0.4, -0.2) is 24.4 Å². The van der Waals surface area contributed by atoms with Crippen LogP contribution in [0.1, 0.15) is 0 Å². The summed E-state index contributed by atoms with van der Waals surface area (Å²) in [5.74, 6) is 0. The van der Waals surface area contributed by atoms with Crippen molar-refractivity contribution in [3.05, 3.63) is 0 Å². The van der Waals surface area contributed by atoms with Crippen LogP contribution in [0, 0.1) is 0 Å². The fraction of sp³-hybridized carbons (Fsp3) is 0. The Morgan fingerprint density at radius 1 is 0.500 bits per heavy atom. The van der Waals surface area contributed by atoms with E-state index in [9.17, 15) is 0 Å². The van der Waals surface area contributed by atoms with Crippen LogP contribution < -0.4 is 29.6 Å². The molecule has 0 heterocycles. The van der Waals surface area contributed by atoms with E-state index in [1.165, 1.54) is 0 Å². The van der Waals surface area contributed by atoms with Crippen LogP contribution in [0.2, 0.25) is 0 Å². The van der Waals surface area contributed by atoms with Crippen molar-refractivity contribution in [3.63, 3.8) is 0 Å². The molecule has 0 aliphatic carbocycles. The Bertz CT molecular complexity index is 12.4. The van der Waals surface area contributed by atoms with Gasteiger partial charge in [0.15, 0.2) is 0 Å². The van der Waals surface area contributed by atoms with Crippen molar-refractivity contribution in [2.45, 2.75) is 0 Å². The maximum atomic E-state index is 0. The van der Waals surface area contributed by atoms with Gasteiger partial charge in [-0.15, -0.1) is 0 Å². The standard InChI is InChI=1S/Mo.Na.5S.Sb/q+6;+1;5*-2;+3. The molecule has 42 valence electrons. The molecule has 0 N–H and O–H groups in total. The Kier molecular flexibility index (Phi) is 700. The molecule has 0 aromatic rings. The first kappa shape index (κ1) is 85.7. The van der Waals surface area contributed by atoms with Gasteiger partial charge in [0.05, 0.1) is 0 Å². The third-order valence-corrected chi connectivity index (χ3v) is 0. The Labute approximate surface area is 140 Å². The maximum absolute atomic E-state index is 0. The second-order valence-electron chi connectivity index (χ2n) is 0. The van der Waals surface area contributed by atoms with Gasteiger partial charge >= 0.3 is 75.1 Å². The number of rotatable bonds is 0. The molecule has 8 heavy (non-hydrogen) atoms. The number of hydrogen-bond donors (Lipinski definition) is 0. The topological polar surface area (TPSA) is 0 Å². The predicted molar refractivity (Wildman–Crippen MR) is 42.6 cm³/mol. The van der Waals surface area contributed by atoms with Gasteiger partial charge in [0, 0.05) is 0 Å². The van der Waals surface area contributed by atoms with E-state index in [1.807, 2.05) is 0 Å². The summed E-state index contributed by atoms with van der Waals surface area (Å²) in [6.45, 7) is 0. The molecule has 0 bridgehead atoms. The molecule has 0 nitrogen and oxygen atoms in total. The minimum atomic E-state index is 0. The monoisotopic (exact) mass is 402 g/mol. The normalized spacial score (nSPS) is 0. The van der Waals surface area contributed by atoms with E-state index in [0.29, 0.717) is 0 Å². The molecule has 0 aliphatic heterocycles. The van der Waals surface area contributed by atoms with Crippen LogP contribution in [0.5, 0.6) is 0 Å². The summed E-state index contributed by atoms with van der Waals surface area (Å²) in [5.41, 5.74) is 0. The average molecular weight is 401 g/mol. The van der Waals surface area contributed by atoms with Crippen LogP contribution in [-0.2, 0) is 88.5 Å². The molecule has 0 atom stereocenters. The fourth-order valence-electron chi connectivity index (χ4n) is 0. The van der Waals surface area contributed by atoms with Crippen molar-refractivity contribution >= 4 is 91.9 Å². The van der Waals surface area contributed by atoms with Crippen molar-refractivity contribution in [1.29, 1.82) is 0 Å². The van der Waals surface area contributed by atoms with E-state index in [1.54, 1.807) is 0 Å². The molecule has 8 heteroatoms. The van der Waals surface area contributed by atoms with Crippen molar-refractivity contribution in [2.75, 3.05) is 0 Å². The zero-order valence-corrected chi connectivity index (χ0v) is 14.5. The van der Waals surface area contributed by atoms with E-state index in [-0.39, 0.29) is 143 Å². The Morgan fingerprint density at radius 3 is 0.500 bits per heavy atom. The molecule has 0 unspecified atom stereocenters. The van der Waals surface area contributed by atoms with Gasteiger partial charge < -0.3 is 67.5 Å². The maximum Gasteiger partial charge on any atom is 6.00 e. The molecule has 0 aromatic heterocycles. The third kappa shape index (κ3) is 48.5. The molecular formula is MoNaS5Sb. The summed E-state index contributed by atoms with van der Waals surface area (Å²) in [6, 6.07) is 0. The van der Waals surface area contributed by atoms with Gasteiger partial charge in [-0.2, -0.15) is 0 Å². The van der Waals surface area contributed by atoms with Crippen molar-refractivity contribution in [3.8, 4) is 0 Å². The molecule has 0 saturated carbocycles. The predicted octanol–water partition coefficient (Wildman–Crippen LogP) is -3.39. The molecule has 0 saturated heterocycles. The average Bonchev–Trinajstić information content (AvgIpc) is 0. The molecule has 0 fully saturated rings. The van der Waals surface area contributed by atoms with E-state index < -0.39 is 0 Å². The summed E-state index contributed by atoms with van der Waals surface area (Å²) in [5, 5.41) is 0. The zero-order valence-electron chi connectivity index (χ0n) is 3.90. The van der Waals surface area contributed by atoms with Gasteiger partial charge in [-0.3, -0.25) is 0 Å². The summed E-state index contributed by atoms with van der Waals surface area (Å²) in [7, 11) is 0. The van der Waals surface area contributed by atoms with Gasteiger partial charge in [-0.25, -0.2) is 0 Å². The largest absolute Gasteiger partial charge is 6.00 e. The molecule has 0 spiro atoms. The molecule has 0 aromatic carbocycles. The van der Waals surface area contributed by atoms with Crippen LogP contribution in [0.4, 0.5) is 0 Å². The molecule has 2 radical (unpaired) electrons. The SMILES string of the molecule is [Mo+6].[Na+].[S-2].[S-2].[S-2].[S-2].[S-2].[Sb+3]. The summed E-state index contributed by atoms with van der Waals surface area (Å²) in [4.78, 5) is 0. The first-order chi connectivity index (χ1) is 0. The van der Waals surface area contributed by atoms with E-state index in [2.05, 4.69) is 0 Å². The van der Waals surface area contributed by atoms with Gasteiger partial charge in [0.25, 0.3) is 0 Å². The molecular weight excluding hydrogens is 401 g/mol. The smallest absolute Gasteiger partial charge is 2.00 e. The van der Waals surface area contributed by atoms with Crippen LogP contribution in [0.15, 0.2) is 0 Å². The van der Waals surface area contributed by atoms with E-state index in [4.69, 9.17) is 0 Å². The molecule has 0 aliphatic rings. The first-order valence-corrected chi connectivity index (χ1v) is 0. The summed E-state index contributed by atoms with van der Waals surface area (Å²) in [6.07, 6.45) is 0. The van der Waals surface area contributed by atoms with Crippen molar-refractivity contribution in [1.82, 2.24) is 0 Å². The van der Waals surface area contributed by atoms with Crippen LogP contribution in [0.3, 0.4) is 0 Å². The molecule has 0 amide bonds. The minimum Gasteiger partial charge on any atom is -2.00 e. The van der Waals surface area contributed by atoms with Gasteiger partial charge in [-0.05, 0) is 0 Å². The van der Waals surface area contributed by atoms with Gasteiger partial charge in [0.2, 0.25) is 0 Å². The van der Waals surface area contributed by atoms with E-state index in [0.717, 1.165) is 0 Å². The quantitative estimate of drug-likeness (QED) is 0.372. The Hall–Kier alpha value is 4.26. The minimum absolute atomic E-state index is 0. The second-order valence-corrected chi connectivity index (χ2v) is 0. The van der Waals surface area contributed by atoms with Crippen LogP contribution in [0.25, 0.3) is 0 Å². The van der Waals surface area contributed by atoms with Gasteiger partial charge in [0.1, 0.15) is 0 Å². The summed E-state index contributed by atoms with van der Waals surface area (Å²) >= 11 is 0.